The van der Waals surface area contributed by atoms with Gasteiger partial charge < -0.3 is 10.5 Å². The minimum absolute atomic E-state index is 0.434. The molecule has 0 aliphatic carbocycles. The van der Waals surface area contributed by atoms with Crippen molar-refractivity contribution in [3.63, 3.8) is 0 Å². The number of benzene rings is 1. The smallest absolute Gasteiger partial charge is 0.238 e. The molecule has 0 bridgehead atoms. The molecule has 76 valence electrons. The lowest BCUT2D eigenvalue weighted by atomic mass is 10.3. The van der Waals surface area contributed by atoms with Gasteiger partial charge in [0.05, 0.1) is 4.47 Å². The van der Waals surface area contributed by atoms with Crippen LogP contribution in [0.1, 0.15) is 0 Å². The first-order chi connectivity index (χ1) is 7.25. The SMILES string of the molecule is Nc1ccc(Br)c(Oc2cccnn2)c1. The molecule has 0 aliphatic heterocycles. The average Bonchev–Trinajstić information content (AvgIpc) is 2.25. The molecule has 5 heteroatoms. The van der Waals surface area contributed by atoms with Crippen molar-refractivity contribution in [1.82, 2.24) is 10.2 Å². The summed E-state index contributed by atoms with van der Waals surface area (Å²) >= 11 is 3.36. The minimum atomic E-state index is 0.434. The van der Waals surface area contributed by atoms with Gasteiger partial charge in [0.1, 0.15) is 5.75 Å². The molecule has 0 atom stereocenters. The van der Waals surface area contributed by atoms with E-state index in [1.165, 1.54) is 0 Å². The summed E-state index contributed by atoms with van der Waals surface area (Å²) in [4.78, 5) is 0. The summed E-state index contributed by atoms with van der Waals surface area (Å²) in [6.07, 6.45) is 1.58. The molecule has 2 aromatic rings. The molecule has 0 saturated carbocycles. The van der Waals surface area contributed by atoms with Crippen molar-refractivity contribution in [3.05, 3.63) is 41.0 Å². The van der Waals surface area contributed by atoms with Gasteiger partial charge in [-0.1, -0.05) is 0 Å². The van der Waals surface area contributed by atoms with Crippen LogP contribution in [0.5, 0.6) is 11.6 Å². The zero-order chi connectivity index (χ0) is 10.7. The molecule has 0 spiro atoms. The molecule has 1 aromatic carbocycles. The monoisotopic (exact) mass is 265 g/mol. The van der Waals surface area contributed by atoms with E-state index >= 15 is 0 Å². The van der Waals surface area contributed by atoms with E-state index in [9.17, 15) is 0 Å². The molecule has 0 unspecified atom stereocenters. The number of rotatable bonds is 2. The van der Waals surface area contributed by atoms with Crippen LogP contribution in [-0.2, 0) is 0 Å². The summed E-state index contributed by atoms with van der Waals surface area (Å²) in [5.41, 5.74) is 6.28. The highest BCUT2D eigenvalue weighted by Gasteiger charge is 2.03. The topological polar surface area (TPSA) is 61.0 Å². The predicted molar refractivity (Wildman–Crippen MR) is 60.7 cm³/mol. The number of hydrogen-bond donors (Lipinski definition) is 1. The van der Waals surface area contributed by atoms with E-state index in [4.69, 9.17) is 10.5 Å². The standard InChI is InChI=1S/C10H8BrN3O/c11-8-4-3-7(12)6-9(8)15-10-2-1-5-13-14-10/h1-6H,12H2. The van der Waals surface area contributed by atoms with E-state index in [2.05, 4.69) is 26.1 Å². The van der Waals surface area contributed by atoms with Crippen molar-refractivity contribution in [2.45, 2.75) is 0 Å². The Bertz CT molecular complexity index is 461. The average molecular weight is 266 g/mol. The molecule has 0 saturated heterocycles. The Kier molecular flexibility index (Phi) is 2.82. The molecule has 2 rings (SSSR count). The third-order valence-corrected chi connectivity index (χ3v) is 2.37. The summed E-state index contributed by atoms with van der Waals surface area (Å²) in [5, 5.41) is 7.52. The normalized spacial score (nSPS) is 9.93. The second-order valence-corrected chi connectivity index (χ2v) is 3.71. The maximum atomic E-state index is 5.64. The number of nitrogens with zero attached hydrogens (tertiary/aromatic N) is 2. The molecule has 0 radical (unpaired) electrons. The van der Waals surface area contributed by atoms with E-state index in [0.29, 0.717) is 17.3 Å². The van der Waals surface area contributed by atoms with E-state index in [1.807, 2.05) is 6.07 Å². The summed E-state index contributed by atoms with van der Waals surface area (Å²) in [5.74, 6) is 1.05. The van der Waals surface area contributed by atoms with Crippen LogP contribution in [0.15, 0.2) is 41.0 Å². The Labute approximate surface area is 95.2 Å². The Morgan fingerprint density at radius 1 is 1.27 bits per heavy atom. The van der Waals surface area contributed by atoms with Gasteiger partial charge in [-0.05, 0) is 34.1 Å². The van der Waals surface area contributed by atoms with Gasteiger partial charge in [0, 0.05) is 24.0 Å². The lowest BCUT2D eigenvalue weighted by Gasteiger charge is -2.06. The van der Waals surface area contributed by atoms with E-state index in [0.717, 1.165) is 4.47 Å². The van der Waals surface area contributed by atoms with Gasteiger partial charge >= 0.3 is 0 Å². The third kappa shape index (κ3) is 2.44. The Morgan fingerprint density at radius 2 is 2.13 bits per heavy atom. The second kappa shape index (κ2) is 4.27. The van der Waals surface area contributed by atoms with Crippen LogP contribution in [0.3, 0.4) is 0 Å². The number of hydrogen-bond acceptors (Lipinski definition) is 4. The molecule has 1 heterocycles. The van der Waals surface area contributed by atoms with Crippen molar-refractivity contribution >= 4 is 21.6 Å². The zero-order valence-electron chi connectivity index (χ0n) is 7.72. The first-order valence-electron chi connectivity index (χ1n) is 4.26. The fourth-order valence-corrected chi connectivity index (χ4v) is 1.38. The maximum absolute atomic E-state index is 5.64. The molecule has 1 aromatic heterocycles. The fraction of sp³-hybridized carbons (Fsp3) is 0. The number of nitrogen functional groups attached to an aromatic ring is 1. The minimum Gasteiger partial charge on any atom is -0.436 e. The van der Waals surface area contributed by atoms with Crippen LogP contribution in [0.25, 0.3) is 0 Å². The van der Waals surface area contributed by atoms with E-state index in [1.54, 1.807) is 30.5 Å². The Balaban J connectivity index is 2.28. The van der Waals surface area contributed by atoms with Gasteiger partial charge in [0.25, 0.3) is 0 Å². The van der Waals surface area contributed by atoms with Crippen molar-refractivity contribution in [1.29, 1.82) is 0 Å². The summed E-state index contributed by atoms with van der Waals surface area (Å²) < 4.78 is 6.31. The van der Waals surface area contributed by atoms with Crippen LogP contribution >= 0.6 is 15.9 Å². The van der Waals surface area contributed by atoms with Crippen molar-refractivity contribution < 1.29 is 4.74 Å². The number of anilines is 1. The first-order valence-corrected chi connectivity index (χ1v) is 5.05. The maximum Gasteiger partial charge on any atom is 0.238 e. The molecular weight excluding hydrogens is 258 g/mol. The first kappa shape index (κ1) is 9.92. The van der Waals surface area contributed by atoms with Gasteiger partial charge in [-0.15, -0.1) is 5.10 Å². The summed E-state index contributed by atoms with van der Waals surface area (Å²) in [7, 11) is 0. The van der Waals surface area contributed by atoms with Gasteiger partial charge in [-0.25, -0.2) is 0 Å². The molecule has 4 nitrogen and oxygen atoms in total. The molecular formula is C10H8BrN3O. The largest absolute Gasteiger partial charge is 0.436 e. The van der Waals surface area contributed by atoms with E-state index in [-0.39, 0.29) is 0 Å². The lowest BCUT2D eigenvalue weighted by molar-refractivity contribution is 0.453. The van der Waals surface area contributed by atoms with Crippen molar-refractivity contribution in [2.24, 2.45) is 0 Å². The zero-order valence-corrected chi connectivity index (χ0v) is 9.31. The van der Waals surface area contributed by atoms with Crippen LogP contribution in [0, 0.1) is 0 Å². The molecule has 0 fully saturated rings. The van der Waals surface area contributed by atoms with Crippen LogP contribution in [0.4, 0.5) is 5.69 Å². The number of nitrogens with two attached hydrogens (primary N) is 1. The van der Waals surface area contributed by atoms with Gasteiger partial charge in [-0.3, -0.25) is 0 Å². The number of halogens is 1. The molecule has 2 N–H and O–H groups in total. The lowest BCUT2D eigenvalue weighted by Crippen LogP contribution is -1.91. The van der Waals surface area contributed by atoms with Crippen LogP contribution < -0.4 is 10.5 Å². The quantitative estimate of drug-likeness (QED) is 0.849. The molecule has 15 heavy (non-hydrogen) atoms. The Hall–Kier alpha value is -1.62. The van der Waals surface area contributed by atoms with E-state index < -0.39 is 0 Å². The molecule has 0 amide bonds. The highest BCUT2D eigenvalue weighted by Crippen LogP contribution is 2.30. The summed E-state index contributed by atoms with van der Waals surface area (Å²) in [6, 6.07) is 8.80. The number of aromatic nitrogens is 2. The Morgan fingerprint density at radius 3 is 2.87 bits per heavy atom. The van der Waals surface area contributed by atoms with Gasteiger partial charge in [0.2, 0.25) is 5.88 Å². The van der Waals surface area contributed by atoms with Crippen molar-refractivity contribution in [2.75, 3.05) is 5.73 Å². The van der Waals surface area contributed by atoms with Crippen LogP contribution in [-0.4, -0.2) is 10.2 Å². The molecule has 0 aliphatic rings. The van der Waals surface area contributed by atoms with Gasteiger partial charge in [-0.2, -0.15) is 5.10 Å². The predicted octanol–water partition coefficient (Wildman–Crippen LogP) is 2.61. The van der Waals surface area contributed by atoms with Gasteiger partial charge in [0.15, 0.2) is 0 Å². The third-order valence-electron chi connectivity index (χ3n) is 1.72. The highest BCUT2D eigenvalue weighted by molar-refractivity contribution is 9.10. The van der Waals surface area contributed by atoms with Crippen LogP contribution in [0.2, 0.25) is 0 Å². The van der Waals surface area contributed by atoms with Crippen molar-refractivity contribution in [3.8, 4) is 11.6 Å². The summed E-state index contributed by atoms with van der Waals surface area (Å²) in [6.45, 7) is 0. The highest BCUT2D eigenvalue weighted by atomic mass is 79.9. The second-order valence-electron chi connectivity index (χ2n) is 2.85. The fourth-order valence-electron chi connectivity index (χ4n) is 1.05. The number of ether oxygens (including phenoxy) is 1.